The first-order valence-corrected chi connectivity index (χ1v) is 10.1. The van der Waals surface area contributed by atoms with Crippen LogP contribution in [-0.4, -0.2) is 87.8 Å². The number of nitrogens with one attached hydrogen (secondary N) is 3. The van der Waals surface area contributed by atoms with Crippen LogP contribution in [-0.2, 0) is 24.0 Å². The van der Waals surface area contributed by atoms with E-state index >= 15 is 0 Å². The van der Waals surface area contributed by atoms with Crippen molar-refractivity contribution < 1.29 is 39.3 Å². The van der Waals surface area contributed by atoms with Crippen molar-refractivity contribution >= 4 is 29.6 Å². The zero-order valence-corrected chi connectivity index (χ0v) is 18.1. The highest BCUT2D eigenvalue weighted by atomic mass is 16.4. The van der Waals surface area contributed by atoms with Crippen LogP contribution in [0.4, 0.5) is 0 Å². The Labute approximate surface area is 185 Å². The van der Waals surface area contributed by atoms with Gasteiger partial charge < -0.3 is 48.5 Å². The van der Waals surface area contributed by atoms with Crippen molar-refractivity contribution in [3.8, 4) is 0 Å². The minimum atomic E-state index is -1.62. The van der Waals surface area contributed by atoms with Gasteiger partial charge in [0.25, 0.3) is 0 Å². The quantitative estimate of drug-likeness (QED) is 0.105. The van der Waals surface area contributed by atoms with Crippen molar-refractivity contribution in [3.05, 3.63) is 0 Å². The normalized spacial score (nSPS) is 16.6. The molecule has 12 N–H and O–H groups in total. The second-order valence-electron chi connectivity index (χ2n) is 7.41. The molecule has 14 heteroatoms. The lowest BCUT2D eigenvalue weighted by atomic mass is 10.1. The summed E-state index contributed by atoms with van der Waals surface area (Å²) in [6.07, 6.45) is -2.32. The van der Waals surface area contributed by atoms with Crippen LogP contribution in [0.3, 0.4) is 0 Å². The molecule has 0 aliphatic carbocycles. The van der Waals surface area contributed by atoms with Gasteiger partial charge in [-0.05, 0) is 39.7 Å². The van der Waals surface area contributed by atoms with Gasteiger partial charge in [0.1, 0.15) is 18.1 Å². The highest BCUT2D eigenvalue weighted by Gasteiger charge is 2.32. The number of aliphatic hydroxyl groups excluding tert-OH is 2. The molecular weight excluding hydrogens is 428 g/mol. The molecule has 0 heterocycles. The number of hydrogen-bond donors (Lipinski definition) is 9. The molecule has 0 aromatic carbocycles. The van der Waals surface area contributed by atoms with Gasteiger partial charge in [0.05, 0.1) is 18.6 Å². The summed E-state index contributed by atoms with van der Waals surface area (Å²) < 4.78 is 0. The lowest BCUT2D eigenvalue weighted by Gasteiger charge is -2.25. The maximum Gasteiger partial charge on any atom is 0.328 e. The average molecular weight is 463 g/mol. The molecule has 0 aliphatic rings. The number of aliphatic hydroxyl groups is 2. The molecule has 32 heavy (non-hydrogen) atoms. The van der Waals surface area contributed by atoms with Crippen LogP contribution in [0.2, 0.25) is 0 Å². The fourth-order valence-corrected chi connectivity index (χ4v) is 2.57. The van der Waals surface area contributed by atoms with E-state index in [0.29, 0.717) is 19.4 Å². The van der Waals surface area contributed by atoms with Gasteiger partial charge in [0, 0.05) is 0 Å². The smallest absolute Gasteiger partial charge is 0.328 e. The molecule has 0 aliphatic heterocycles. The van der Waals surface area contributed by atoms with Crippen molar-refractivity contribution in [2.24, 2.45) is 17.2 Å². The van der Waals surface area contributed by atoms with E-state index in [0.717, 1.165) is 0 Å². The Bertz CT molecular complexity index is 672. The third-order valence-corrected chi connectivity index (χ3v) is 4.49. The minimum absolute atomic E-state index is 0.0609. The first kappa shape index (κ1) is 29.2. The predicted octanol–water partition coefficient (Wildman–Crippen LogP) is -4.38. The molecule has 0 saturated heterocycles. The second kappa shape index (κ2) is 14.3. The summed E-state index contributed by atoms with van der Waals surface area (Å²) in [5.41, 5.74) is 16.1. The Morgan fingerprint density at radius 3 is 1.81 bits per heavy atom. The van der Waals surface area contributed by atoms with E-state index in [-0.39, 0.29) is 6.42 Å². The molecule has 14 nitrogen and oxygen atoms in total. The summed E-state index contributed by atoms with van der Waals surface area (Å²) >= 11 is 0. The maximum atomic E-state index is 12.7. The molecule has 0 aromatic heterocycles. The van der Waals surface area contributed by atoms with Crippen molar-refractivity contribution in [2.45, 2.75) is 75.9 Å². The van der Waals surface area contributed by atoms with Gasteiger partial charge in [-0.3, -0.25) is 19.2 Å². The van der Waals surface area contributed by atoms with E-state index in [9.17, 15) is 34.2 Å². The first-order valence-electron chi connectivity index (χ1n) is 10.1. The van der Waals surface area contributed by atoms with Gasteiger partial charge in [0.2, 0.25) is 23.6 Å². The van der Waals surface area contributed by atoms with E-state index in [1.807, 2.05) is 0 Å². The Kier molecular flexibility index (Phi) is 13.0. The molecule has 0 aromatic rings. The van der Waals surface area contributed by atoms with Gasteiger partial charge >= 0.3 is 5.97 Å². The van der Waals surface area contributed by atoms with Crippen molar-refractivity contribution in [2.75, 3.05) is 6.54 Å². The number of unbranched alkanes of at least 4 members (excludes halogenated alkanes) is 1. The zero-order chi connectivity index (χ0) is 25.0. The van der Waals surface area contributed by atoms with Crippen LogP contribution in [0.25, 0.3) is 0 Å². The summed E-state index contributed by atoms with van der Waals surface area (Å²) in [6, 6.07) is -5.76. The monoisotopic (exact) mass is 462 g/mol. The van der Waals surface area contributed by atoms with E-state index in [1.165, 1.54) is 13.8 Å². The van der Waals surface area contributed by atoms with E-state index in [2.05, 4.69) is 16.0 Å². The fraction of sp³-hybridized carbons (Fsp3) is 0.722. The lowest BCUT2D eigenvalue weighted by molar-refractivity contribution is -0.145. The number of primary amides is 1. The zero-order valence-electron chi connectivity index (χ0n) is 18.1. The summed E-state index contributed by atoms with van der Waals surface area (Å²) in [7, 11) is 0. The number of aliphatic carboxylic acids is 1. The van der Waals surface area contributed by atoms with E-state index in [1.54, 1.807) is 0 Å². The highest BCUT2D eigenvalue weighted by molar-refractivity contribution is 5.96. The summed E-state index contributed by atoms with van der Waals surface area (Å²) in [5, 5.41) is 34.8. The number of carboxylic acid groups (broad SMARTS) is 1. The van der Waals surface area contributed by atoms with Crippen molar-refractivity contribution in [3.63, 3.8) is 0 Å². The van der Waals surface area contributed by atoms with Crippen molar-refractivity contribution in [1.82, 2.24) is 16.0 Å². The third kappa shape index (κ3) is 10.5. The first-order chi connectivity index (χ1) is 14.8. The van der Waals surface area contributed by atoms with Crippen molar-refractivity contribution in [1.29, 1.82) is 0 Å². The maximum absolute atomic E-state index is 12.7. The Balaban J connectivity index is 5.53. The number of amides is 4. The summed E-state index contributed by atoms with van der Waals surface area (Å²) in [6.45, 7) is 2.74. The molecule has 6 unspecified atom stereocenters. The predicted molar refractivity (Wildman–Crippen MR) is 111 cm³/mol. The molecule has 6 atom stereocenters. The average Bonchev–Trinajstić information content (AvgIpc) is 2.68. The summed E-state index contributed by atoms with van der Waals surface area (Å²) in [5.74, 6) is -5.18. The van der Waals surface area contributed by atoms with Crippen LogP contribution in [0.15, 0.2) is 0 Å². The number of rotatable bonds is 15. The van der Waals surface area contributed by atoms with Gasteiger partial charge in [0.15, 0.2) is 6.04 Å². The molecule has 0 radical (unpaired) electrons. The number of nitrogens with two attached hydrogens (primary N) is 3. The minimum Gasteiger partial charge on any atom is -0.480 e. The standard InChI is InChI=1S/C18H34N6O8/c1-8(25)13(21)17(30)23-11(7-12(20)27)16(29)22-10(5-3-4-6-19)15(28)24-14(9(2)26)18(31)32/h8-11,13-14,25-26H,3-7,19,21H2,1-2H3,(H2,20,27)(H,22,29)(H,23,30)(H,24,28)(H,31,32). The second-order valence-corrected chi connectivity index (χ2v) is 7.41. The van der Waals surface area contributed by atoms with Crippen LogP contribution in [0, 0.1) is 0 Å². The number of carbonyl (C=O) groups excluding carboxylic acids is 4. The molecule has 0 spiro atoms. The Morgan fingerprint density at radius 2 is 1.38 bits per heavy atom. The molecule has 0 bridgehead atoms. The van der Waals surface area contributed by atoms with E-state index < -0.39 is 72.4 Å². The topological polar surface area (TPSA) is 260 Å². The Morgan fingerprint density at radius 1 is 0.844 bits per heavy atom. The fourth-order valence-electron chi connectivity index (χ4n) is 2.57. The molecule has 184 valence electrons. The van der Waals surface area contributed by atoms with Gasteiger partial charge in [-0.15, -0.1) is 0 Å². The number of carboxylic acids is 1. The van der Waals surface area contributed by atoms with Gasteiger partial charge in [-0.25, -0.2) is 4.79 Å². The van der Waals surface area contributed by atoms with Crippen LogP contribution < -0.4 is 33.2 Å². The van der Waals surface area contributed by atoms with Crippen LogP contribution >= 0.6 is 0 Å². The van der Waals surface area contributed by atoms with E-state index in [4.69, 9.17) is 22.3 Å². The SMILES string of the molecule is CC(O)C(N)C(=O)NC(CC(N)=O)C(=O)NC(CCCCN)C(=O)NC(C(=O)O)C(C)O. The van der Waals surface area contributed by atoms with Crippen LogP contribution in [0.5, 0.6) is 0 Å². The summed E-state index contributed by atoms with van der Waals surface area (Å²) in [4.78, 5) is 60.0. The van der Waals surface area contributed by atoms with Gasteiger partial charge in [-0.1, -0.05) is 0 Å². The molecule has 0 saturated carbocycles. The number of hydrogen-bond acceptors (Lipinski definition) is 9. The third-order valence-electron chi connectivity index (χ3n) is 4.49. The molecule has 0 fully saturated rings. The lowest BCUT2D eigenvalue weighted by Crippen LogP contribution is -2.59. The largest absolute Gasteiger partial charge is 0.480 e. The van der Waals surface area contributed by atoms with Gasteiger partial charge in [-0.2, -0.15) is 0 Å². The van der Waals surface area contributed by atoms with Crippen LogP contribution in [0.1, 0.15) is 39.5 Å². The molecular formula is C18H34N6O8. The molecule has 4 amide bonds. The molecule has 0 rings (SSSR count). The Hall–Kier alpha value is -2.81. The number of carbonyl (C=O) groups is 5. The highest BCUT2D eigenvalue weighted by Crippen LogP contribution is 2.05.